The highest BCUT2D eigenvalue weighted by Gasteiger charge is 2.22. The van der Waals surface area contributed by atoms with E-state index in [1.54, 1.807) is 6.33 Å². The summed E-state index contributed by atoms with van der Waals surface area (Å²) in [5, 5.41) is 3.31. The first kappa shape index (κ1) is 20.3. The molecule has 3 aromatic heterocycles. The number of imidazole rings is 2. The van der Waals surface area contributed by atoms with Gasteiger partial charge in [0.15, 0.2) is 0 Å². The summed E-state index contributed by atoms with van der Waals surface area (Å²) in [5.74, 6) is 2.45. The third kappa shape index (κ3) is 3.02. The van der Waals surface area contributed by atoms with Gasteiger partial charge < -0.3 is 9.97 Å². The Labute approximate surface area is 202 Å². The van der Waals surface area contributed by atoms with Gasteiger partial charge in [0.2, 0.25) is 0 Å². The van der Waals surface area contributed by atoms with Gasteiger partial charge in [0.1, 0.15) is 18.0 Å². The van der Waals surface area contributed by atoms with Crippen molar-refractivity contribution in [3.63, 3.8) is 0 Å². The van der Waals surface area contributed by atoms with Gasteiger partial charge in [-0.25, -0.2) is 19.9 Å². The first-order valence-corrected chi connectivity index (χ1v) is 12.4. The number of nitrogens with zero attached hydrogens (tertiary/aromatic N) is 4. The fourth-order valence-electron chi connectivity index (χ4n) is 5.41. The first-order chi connectivity index (χ1) is 17.1. The third-order valence-corrected chi connectivity index (χ3v) is 7.28. The average Bonchev–Trinajstić information content (AvgIpc) is 3.53. The Hall–Kier alpha value is -4.06. The Balaban J connectivity index is 1.40. The number of benzene rings is 3. The van der Waals surface area contributed by atoms with Crippen LogP contribution in [0.2, 0.25) is 0 Å². The van der Waals surface area contributed by atoms with Crippen LogP contribution in [0.1, 0.15) is 49.6 Å². The molecule has 0 unspecified atom stereocenters. The summed E-state index contributed by atoms with van der Waals surface area (Å²) >= 11 is 0. The van der Waals surface area contributed by atoms with Crippen LogP contribution in [0.3, 0.4) is 0 Å². The summed E-state index contributed by atoms with van der Waals surface area (Å²) in [7, 11) is 0. The highest BCUT2D eigenvalue weighted by molar-refractivity contribution is 6.22. The van der Waals surface area contributed by atoms with Gasteiger partial charge in [-0.15, -0.1) is 0 Å². The number of aromatic amines is 2. The van der Waals surface area contributed by atoms with Crippen molar-refractivity contribution >= 4 is 32.7 Å². The number of fused-ring (bicyclic) bond motifs is 9. The van der Waals surface area contributed by atoms with Crippen LogP contribution in [0.15, 0.2) is 48.9 Å². The summed E-state index contributed by atoms with van der Waals surface area (Å²) in [6.45, 7) is 6.48. The van der Waals surface area contributed by atoms with Gasteiger partial charge in [-0.05, 0) is 41.0 Å². The van der Waals surface area contributed by atoms with Gasteiger partial charge in [0, 0.05) is 40.6 Å². The monoisotopic (exact) mass is 458 g/mol. The van der Waals surface area contributed by atoms with E-state index in [-0.39, 0.29) is 0 Å². The average molecular weight is 459 g/mol. The molecule has 0 saturated carbocycles. The molecule has 6 nitrogen and oxygen atoms in total. The molecule has 2 N–H and O–H groups in total. The van der Waals surface area contributed by atoms with Gasteiger partial charge >= 0.3 is 0 Å². The topological polar surface area (TPSA) is 83.1 Å². The third-order valence-electron chi connectivity index (χ3n) is 7.28. The molecule has 1 aliphatic rings. The number of H-pyrrole nitrogens is 2. The Morgan fingerprint density at radius 2 is 1.74 bits per heavy atom. The molecule has 0 fully saturated rings. The molecule has 6 aromatic rings. The summed E-state index contributed by atoms with van der Waals surface area (Å²) in [5.41, 5.74) is 10.3. The van der Waals surface area contributed by atoms with Crippen LogP contribution in [0, 0.1) is 0 Å². The van der Waals surface area contributed by atoms with Crippen LogP contribution in [0.4, 0.5) is 0 Å². The van der Waals surface area contributed by atoms with E-state index in [0.29, 0.717) is 5.92 Å². The normalized spacial score (nSPS) is 13.1. The molecule has 3 aromatic carbocycles. The molecule has 0 bridgehead atoms. The number of hydrogen-bond acceptors (Lipinski definition) is 4. The number of nitrogens with one attached hydrogen (secondary N) is 2. The largest absolute Gasteiger partial charge is 0.345 e. The molecule has 6 heteroatoms. The predicted octanol–water partition coefficient (Wildman–Crippen LogP) is 6.50. The van der Waals surface area contributed by atoms with E-state index >= 15 is 0 Å². The van der Waals surface area contributed by atoms with Crippen molar-refractivity contribution in [2.75, 3.05) is 0 Å². The Kier molecular flexibility index (Phi) is 4.34. The van der Waals surface area contributed by atoms with Crippen LogP contribution >= 0.6 is 0 Å². The van der Waals surface area contributed by atoms with E-state index in [1.807, 2.05) is 6.20 Å². The minimum atomic E-state index is 0.397. The van der Waals surface area contributed by atoms with E-state index in [4.69, 9.17) is 9.97 Å². The summed E-state index contributed by atoms with van der Waals surface area (Å²) in [4.78, 5) is 25.8. The molecule has 0 saturated heterocycles. The zero-order chi connectivity index (χ0) is 23.7. The quantitative estimate of drug-likeness (QED) is 0.297. The molecule has 7 rings (SSSR count). The summed E-state index contributed by atoms with van der Waals surface area (Å²) in [6, 6.07) is 13.5. The summed E-state index contributed by atoms with van der Waals surface area (Å²) in [6.07, 6.45) is 6.41. The van der Waals surface area contributed by atoms with Gasteiger partial charge in [-0.2, -0.15) is 0 Å². The van der Waals surface area contributed by atoms with Crippen molar-refractivity contribution in [3.8, 4) is 22.4 Å². The van der Waals surface area contributed by atoms with Crippen LogP contribution in [-0.2, 0) is 19.3 Å². The van der Waals surface area contributed by atoms with Gasteiger partial charge in [0.05, 0.1) is 22.2 Å². The maximum atomic E-state index is 4.93. The molecule has 1 aliphatic carbocycles. The van der Waals surface area contributed by atoms with E-state index in [1.165, 1.54) is 27.9 Å². The maximum absolute atomic E-state index is 4.93. The molecule has 172 valence electrons. The minimum Gasteiger partial charge on any atom is -0.345 e. The second kappa shape index (κ2) is 7.47. The van der Waals surface area contributed by atoms with E-state index in [0.717, 1.165) is 69.3 Å². The molecule has 0 radical (unpaired) electrons. The molecular formula is C29H26N6. The zero-order valence-corrected chi connectivity index (χ0v) is 20.1. The van der Waals surface area contributed by atoms with E-state index in [2.05, 4.69) is 77.1 Å². The lowest BCUT2D eigenvalue weighted by Gasteiger charge is -2.17. The van der Waals surface area contributed by atoms with Crippen molar-refractivity contribution in [2.45, 2.75) is 46.0 Å². The SMILES string of the molecule is CCc1nc2c3ccc(-c4ccc5c(c4)CCc4[nH]c(C(C)C)nc4-5)cc3c3cncnc3c2[nH]1. The number of rotatable bonds is 3. The van der Waals surface area contributed by atoms with Crippen molar-refractivity contribution in [1.82, 2.24) is 29.9 Å². The minimum absolute atomic E-state index is 0.397. The fraction of sp³-hybridized carbons (Fsp3) is 0.241. The second-order valence-corrected chi connectivity index (χ2v) is 9.78. The zero-order valence-electron chi connectivity index (χ0n) is 20.1. The molecule has 3 heterocycles. The lowest BCUT2D eigenvalue weighted by Crippen LogP contribution is -2.03. The smallest absolute Gasteiger partial charge is 0.116 e. The van der Waals surface area contributed by atoms with Crippen molar-refractivity contribution in [2.24, 2.45) is 0 Å². The summed E-state index contributed by atoms with van der Waals surface area (Å²) < 4.78 is 0. The van der Waals surface area contributed by atoms with Crippen LogP contribution in [-0.4, -0.2) is 29.9 Å². The number of hydrogen-bond donors (Lipinski definition) is 2. The van der Waals surface area contributed by atoms with Crippen molar-refractivity contribution < 1.29 is 0 Å². The fourth-order valence-corrected chi connectivity index (χ4v) is 5.41. The highest BCUT2D eigenvalue weighted by atomic mass is 15.0. The highest BCUT2D eigenvalue weighted by Crippen LogP contribution is 2.38. The van der Waals surface area contributed by atoms with Gasteiger partial charge in [0.25, 0.3) is 0 Å². The molecule has 0 aliphatic heterocycles. The van der Waals surface area contributed by atoms with Crippen molar-refractivity contribution in [1.29, 1.82) is 0 Å². The first-order valence-electron chi connectivity index (χ1n) is 12.4. The lowest BCUT2D eigenvalue weighted by atomic mass is 9.89. The molecule has 0 amide bonds. The standard InChI is InChI=1S/C29H26N6/c1-4-24-33-27-20-9-6-17(12-21(20)22-13-30-14-31-26(22)28(27)34-24)16-5-8-19-18(11-16)7-10-23-25(19)35-29(32-23)15(2)3/h5-6,8-9,11-15H,4,7,10H2,1-3H3,(H,32,35)(H,33,34). The van der Waals surface area contributed by atoms with E-state index in [9.17, 15) is 0 Å². The Morgan fingerprint density at radius 1 is 0.886 bits per heavy atom. The molecular weight excluding hydrogens is 432 g/mol. The van der Waals surface area contributed by atoms with Crippen LogP contribution < -0.4 is 0 Å². The molecule has 0 atom stereocenters. The van der Waals surface area contributed by atoms with Crippen LogP contribution in [0.25, 0.3) is 55.1 Å². The maximum Gasteiger partial charge on any atom is 0.116 e. The molecule has 35 heavy (non-hydrogen) atoms. The lowest BCUT2D eigenvalue weighted by molar-refractivity contribution is 0.787. The Morgan fingerprint density at radius 3 is 2.60 bits per heavy atom. The van der Waals surface area contributed by atoms with Gasteiger partial charge in [-0.1, -0.05) is 51.1 Å². The van der Waals surface area contributed by atoms with E-state index < -0.39 is 0 Å². The van der Waals surface area contributed by atoms with Crippen LogP contribution in [0.5, 0.6) is 0 Å². The number of aromatic nitrogens is 6. The van der Waals surface area contributed by atoms with Crippen molar-refractivity contribution in [3.05, 3.63) is 71.8 Å². The number of aryl methyl sites for hydroxylation is 3. The second-order valence-electron chi connectivity index (χ2n) is 9.78. The Bertz CT molecular complexity index is 1770. The predicted molar refractivity (Wildman–Crippen MR) is 141 cm³/mol. The van der Waals surface area contributed by atoms with Gasteiger partial charge in [-0.3, -0.25) is 0 Å². The molecule has 0 spiro atoms.